The van der Waals surface area contributed by atoms with Crippen molar-refractivity contribution in [3.63, 3.8) is 0 Å². The van der Waals surface area contributed by atoms with Crippen LogP contribution in [0.2, 0.25) is 0 Å². The summed E-state index contributed by atoms with van der Waals surface area (Å²) in [5, 5.41) is 12.1. The van der Waals surface area contributed by atoms with Crippen LogP contribution in [0.4, 0.5) is 14.9 Å². The van der Waals surface area contributed by atoms with E-state index in [1.165, 1.54) is 24.3 Å². The van der Waals surface area contributed by atoms with E-state index in [0.29, 0.717) is 18.8 Å². The SMILES string of the molecule is O=C(Nc1ccc(F)cc1)N1CCCC(O)C1. The van der Waals surface area contributed by atoms with Gasteiger partial charge in [0.15, 0.2) is 0 Å². The van der Waals surface area contributed by atoms with Gasteiger partial charge in [0, 0.05) is 18.8 Å². The van der Waals surface area contributed by atoms with Gasteiger partial charge in [-0.05, 0) is 37.1 Å². The van der Waals surface area contributed by atoms with E-state index in [-0.39, 0.29) is 11.8 Å². The fraction of sp³-hybridized carbons (Fsp3) is 0.417. The first-order chi connectivity index (χ1) is 8.15. The van der Waals surface area contributed by atoms with Crippen molar-refractivity contribution in [2.75, 3.05) is 18.4 Å². The number of carbonyl (C=O) groups excluding carboxylic acids is 1. The van der Waals surface area contributed by atoms with Crippen LogP contribution in [0, 0.1) is 5.82 Å². The molecular formula is C12H15FN2O2. The number of hydrogen-bond donors (Lipinski definition) is 2. The number of anilines is 1. The maximum atomic E-state index is 12.7. The minimum Gasteiger partial charge on any atom is -0.391 e. The predicted octanol–water partition coefficient (Wildman–Crippen LogP) is 1.81. The van der Waals surface area contributed by atoms with Gasteiger partial charge in [-0.1, -0.05) is 0 Å². The number of hydrogen-bond acceptors (Lipinski definition) is 2. The fourth-order valence-corrected chi connectivity index (χ4v) is 1.87. The van der Waals surface area contributed by atoms with E-state index in [9.17, 15) is 14.3 Å². The normalized spacial score (nSPS) is 20.1. The molecule has 0 radical (unpaired) electrons. The van der Waals surface area contributed by atoms with Crippen molar-refractivity contribution in [3.8, 4) is 0 Å². The highest BCUT2D eigenvalue weighted by Gasteiger charge is 2.21. The van der Waals surface area contributed by atoms with Gasteiger partial charge in [0.25, 0.3) is 0 Å². The summed E-state index contributed by atoms with van der Waals surface area (Å²) in [5.41, 5.74) is 0.552. The number of nitrogens with one attached hydrogen (secondary N) is 1. The average molecular weight is 238 g/mol. The van der Waals surface area contributed by atoms with E-state index >= 15 is 0 Å². The van der Waals surface area contributed by atoms with Crippen LogP contribution in [-0.4, -0.2) is 35.2 Å². The van der Waals surface area contributed by atoms with Crippen LogP contribution in [0.15, 0.2) is 24.3 Å². The molecule has 1 aliphatic rings. The molecule has 0 spiro atoms. The topological polar surface area (TPSA) is 52.6 Å². The van der Waals surface area contributed by atoms with Crippen LogP contribution in [0.1, 0.15) is 12.8 Å². The Morgan fingerprint density at radius 2 is 2.12 bits per heavy atom. The van der Waals surface area contributed by atoms with E-state index in [4.69, 9.17) is 0 Å². The monoisotopic (exact) mass is 238 g/mol. The Morgan fingerprint density at radius 3 is 2.76 bits per heavy atom. The average Bonchev–Trinajstić information content (AvgIpc) is 2.32. The number of aliphatic hydroxyl groups excluding tert-OH is 1. The van der Waals surface area contributed by atoms with Gasteiger partial charge in [-0.2, -0.15) is 0 Å². The summed E-state index contributed by atoms with van der Waals surface area (Å²) in [7, 11) is 0. The molecule has 17 heavy (non-hydrogen) atoms. The first-order valence-electron chi connectivity index (χ1n) is 5.65. The molecular weight excluding hydrogens is 223 g/mol. The van der Waals surface area contributed by atoms with Gasteiger partial charge in [-0.3, -0.25) is 0 Å². The standard InChI is InChI=1S/C12H15FN2O2/c13-9-3-5-10(6-4-9)14-12(17)15-7-1-2-11(16)8-15/h3-6,11,16H,1-2,7-8H2,(H,14,17). The minimum absolute atomic E-state index is 0.254. The largest absolute Gasteiger partial charge is 0.391 e. The fourth-order valence-electron chi connectivity index (χ4n) is 1.87. The molecule has 0 bridgehead atoms. The van der Waals surface area contributed by atoms with Crippen LogP contribution in [-0.2, 0) is 0 Å². The van der Waals surface area contributed by atoms with Crippen LogP contribution in [0.25, 0.3) is 0 Å². The molecule has 1 unspecified atom stereocenters. The molecule has 1 atom stereocenters. The summed E-state index contributed by atoms with van der Waals surface area (Å²) in [4.78, 5) is 13.4. The molecule has 2 rings (SSSR count). The molecule has 1 fully saturated rings. The molecule has 0 aliphatic carbocycles. The van der Waals surface area contributed by atoms with Gasteiger partial charge in [0.2, 0.25) is 0 Å². The molecule has 0 saturated carbocycles. The highest BCUT2D eigenvalue weighted by atomic mass is 19.1. The molecule has 1 heterocycles. The predicted molar refractivity (Wildman–Crippen MR) is 62.2 cm³/mol. The Labute approximate surface area is 99.0 Å². The number of halogens is 1. The lowest BCUT2D eigenvalue weighted by molar-refractivity contribution is 0.0883. The number of likely N-dealkylation sites (tertiary alicyclic amines) is 1. The van der Waals surface area contributed by atoms with Crippen LogP contribution in [0.3, 0.4) is 0 Å². The van der Waals surface area contributed by atoms with Crippen molar-refractivity contribution in [1.29, 1.82) is 0 Å². The number of benzene rings is 1. The molecule has 1 aromatic carbocycles. The molecule has 1 saturated heterocycles. The van der Waals surface area contributed by atoms with Crippen molar-refractivity contribution in [3.05, 3.63) is 30.1 Å². The summed E-state index contributed by atoms with van der Waals surface area (Å²) < 4.78 is 12.7. The number of amides is 2. The van der Waals surface area contributed by atoms with Gasteiger partial charge < -0.3 is 15.3 Å². The number of carbonyl (C=O) groups is 1. The highest BCUT2D eigenvalue weighted by Crippen LogP contribution is 2.13. The maximum Gasteiger partial charge on any atom is 0.321 e. The van der Waals surface area contributed by atoms with Crippen molar-refractivity contribution >= 4 is 11.7 Å². The Bertz CT molecular complexity index is 394. The zero-order chi connectivity index (χ0) is 12.3. The molecule has 92 valence electrons. The third-order valence-corrected chi connectivity index (χ3v) is 2.78. The second-order valence-corrected chi connectivity index (χ2v) is 4.18. The van der Waals surface area contributed by atoms with Gasteiger partial charge in [0.1, 0.15) is 5.82 Å². The van der Waals surface area contributed by atoms with Gasteiger partial charge in [-0.15, -0.1) is 0 Å². The second kappa shape index (κ2) is 5.14. The third-order valence-electron chi connectivity index (χ3n) is 2.78. The van der Waals surface area contributed by atoms with Gasteiger partial charge in [0.05, 0.1) is 6.10 Å². The van der Waals surface area contributed by atoms with Gasteiger partial charge >= 0.3 is 6.03 Å². The summed E-state index contributed by atoms with van der Waals surface area (Å²) in [6, 6.07) is 5.35. The number of rotatable bonds is 1. The Balaban J connectivity index is 1.94. The summed E-state index contributed by atoms with van der Waals surface area (Å²) in [5.74, 6) is -0.337. The van der Waals surface area contributed by atoms with E-state index in [0.717, 1.165) is 12.8 Å². The number of β-amino-alcohol motifs (C(OH)–C–C–N with tert-alkyl or cyclic N) is 1. The molecule has 4 nitrogen and oxygen atoms in total. The van der Waals surface area contributed by atoms with Crippen molar-refractivity contribution in [1.82, 2.24) is 4.90 Å². The molecule has 1 aromatic rings. The van der Waals surface area contributed by atoms with Crippen molar-refractivity contribution < 1.29 is 14.3 Å². The third kappa shape index (κ3) is 3.17. The lowest BCUT2D eigenvalue weighted by Crippen LogP contribution is -2.44. The zero-order valence-corrected chi connectivity index (χ0v) is 9.40. The quantitative estimate of drug-likeness (QED) is 0.784. The van der Waals surface area contributed by atoms with E-state index < -0.39 is 6.10 Å². The lowest BCUT2D eigenvalue weighted by Gasteiger charge is -2.30. The molecule has 2 N–H and O–H groups in total. The molecule has 0 aromatic heterocycles. The van der Waals surface area contributed by atoms with E-state index in [2.05, 4.69) is 5.32 Å². The number of aliphatic hydroxyl groups is 1. The lowest BCUT2D eigenvalue weighted by atomic mass is 10.1. The summed E-state index contributed by atoms with van der Waals surface area (Å²) in [6.07, 6.45) is 1.10. The molecule has 2 amide bonds. The molecule has 1 aliphatic heterocycles. The first kappa shape index (κ1) is 11.9. The Kier molecular flexibility index (Phi) is 3.58. The summed E-state index contributed by atoms with van der Waals surface area (Å²) >= 11 is 0. The molecule has 5 heteroatoms. The van der Waals surface area contributed by atoms with Crippen molar-refractivity contribution in [2.24, 2.45) is 0 Å². The summed E-state index contributed by atoms with van der Waals surface area (Å²) in [6.45, 7) is 0.997. The van der Waals surface area contributed by atoms with Crippen LogP contribution in [0.5, 0.6) is 0 Å². The highest BCUT2D eigenvalue weighted by molar-refractivity contribution is 5.89. The van der Waals surface area contributed by atoms with E-state index in [1.54, 1.807) is 4.90 Å². The van der Waals surface area contributed by atoms with E-state index in [1.807, 2.05) is 0 Å². The number of piperidine rings is 1. The van der Waals surface area contributed by atoms with Gasteiger partial charge in [-0.25, -0.2) is 9.18 Å². The van der Waals surface area contributed by atoms with Crippen molar-refractivity contribution in [2.45, 2.75) is 18.9 Å². The smallest absolute Gasteiger partial charge is 0.321 e. The first-order valence-corrected chi connectivity index (χ1v) is 5.65. The minimum atomic E-state index is -0.442. The Hall–Kier alpha value is -1.62. The number of nitrogens with zero attached hydrogens (tertiary/aromatic N) is 1. The Morgan fingerprint density at radius 1 is 1.41 bits per heavy atom. The second-order valence-electron chi connectivity index (χ2n) is 4.18. The van der Waals surface area contributed by atoms with Crippen LogP contribution < -0.4 is 5.32 Å². The number of urea groups is 1. The maximum absolute atomic E-state index is 12.7. The zero-order valence-electron chi connectivity index (χ0n) is 9.40. The van der Waals surface area contributed by atoms with Crippen LogP contribution >= 0.6 is 0 Å².